The first-order valence-electron chi connectivity index (χ1n) is 5.34. The van der Waals surface area contributed by atoms with E-state index in [0.717, 1.165) is 0 Å². The third-order valence-electron chi connectivity index (χ3n) is 2.49. The number of thioether (sulfide) groups is 4. The molecule has 2 fully saturated rings. The first kappa shape index (κ1) is 12.8. The molecule has 2 aliphatic heterocycles. The minimum absolute atomic E-state index is 0.359. The molecular formula is C11H20S4. The van der Waals surface area contributed by atoms with Crippen LogP contribution in [0.5, 0.6) is 0 Å². The smallest absolute Gasteiger partial charge is 0.0631 e. The molecule has 2 heterocycles. The van der Waals surface area contributed by atoms with Gasteiger partial charge in [-0.25, -0.2) is 0 Å². The van der Waals surface area contributed by atoms with Crippen LogP contribution in [0.1, 0.15) is 48.0 Å². The van der Waals surface area contributed by atoms with E-state index in [4.69, 9.17) is 0 Å². The zero-order valence-electron chi connectivity index (χ0n) is 10.3. The molecule has 0 spiro atoms. The van der Waals surface area contributed by atoms with Crippen molar-refractivity contribution in [2.45, 2.75) is 64.3 Å². The Kier molecular flexibility index (Phi) is 2.96. The van der Waals surface area contributed by atoms with Crippen LogP contribution in [-0.4, -0.2) is 16.3 Å². The Labute approximate surface area is 111 Å². The normalized spacial score (nSPS) is 47.6. The number of fused-ring (bicyclic) bond motifs is 2. The fraction of sp³-hybridized carbons (Fsp3) is 1.00. The van der Waals surface area contributed by atoms with E-state index in [-0.39, 0.29) is 0 Å². The van der Waals surface area contributed by atoms with Crippen LogP contribution in [0, 0.1) is 0 Å². The molecule has 0 radical (unpaired) electrons. The van der Waals surface area contributed by atoms with E-state index in [1.807, 2.05) is 0 Å². The maximum absolute atomic E-state index is 2.43. The summed E-state index contributed by atoms with van der Waals surface area (Å²) in [6, 6.07) is 0. The summed E-state index contributed by atoms with van der Waals surface area (Å²) < 4.78 is 1.52. The highest BCUT2D eigenvalue weighted by Crippen LogP contribution is 2.73. The van der Waals surface area contributed by atoms with Crippen molar-refractivity contribution < 1.29 is 0 Å². The lowest BCUT2D eigenvalue weighted by atomic mass is 10.2. The predicted molar refractivity (Wildman–Crippen MR) is 79.9 cm³/mol. The molecular weight excluding hydrogens is 260 g/mol. The van der Waals surface area contributed by atoms with E-state index >= 15 is 0 Å². The molecule has 0 aromatic carbocycles. The van der Waals surface area contributed by atoms with E-state index in [2.05, 4.69) is 88.6 Å². The molecule has 0 aromatic heterocycles. The largest absolute Gasteiger partial charge is 0.127 e. The average molecular weight is 281 g/mol. The molecule has 0 N–H and O–H groups in total. The third kappa shape index (κ3) is 2.80. The van der Waals surface area contributed by atoms with Crippen molar-refractivity contribution in [2.24, 2.45) is 0 Å². The molecule has 88 valence electrons. The summed E-state index contributed by atoms with van der Waals surface area (Å²) in [5, 5.41) is 0. The van der Waals surface area contributed by atoms with Gasteiger partial charge in [0.15, 0.2) is 0 Å². The Hall–Kier alpha value is 1.40. The predicted octanol–water partition coefficient (Wildman–Crippen LogP) is 5.24. The summed E-state index contributed by atoms with van der Waals surface area (Å²) in [6.07, 6.45) is 1.32. The van der Waals surface area contributed by atoms with E-state index < -0.39 is 0 Å². The molecule has 0 unspecified atom stereocenters. The van der Waals surface area contributed by atoms with Gasteiger partial charge in [0.25, 0.3) is 0 Å². The van der Waals surface area contributed by atoms with Gasteiger partial charge in [0.2, 0.25) is 0 Å². The third-order valence-corrected chi connectivity index (χ3v) is 8.76. The Morgan fingerprint density at radius 1 is 0.600 bits per heavy atom. The summed E-state index contributed by atoms with van der Waals surface area (Å²) >= 11 is 8.64. The summed E-state index contributed by atoms with van der Waals surface area (Å²) in [5.74, 6) is 0. The highest BCUT2D eigenvalue weighted by atomic mass is 32.3. The topological polar surface area (TPSA) is 0 Å². The number of hydrogen-bond acceptors (Lipinski definition) is 4. The summed E-state index contributed by atoms with van der Waals surface area (Å²) in [4.78, 5) is 0. The van der Waals surface area contributed by atoms with Gasteiger partial charge in [0.05, 0.1) is 16.3 Å². The van der Waals surface area contributed by atoms with Gasteiger partial charge in [-0.2, -0.15) is 0 Å². The first-order valence-corrected chi connectivity index (χ1v) is 8.61. The highest BCUT2D eigenvalue weighted by molar-refractivity contribution is 8.37. The van der Waals surface area contributed by atoms with Crippen LogP contribution in [0.2, 0.25) is 0 Å². The molecule has 2 rings (SSSR count). The average Bonchev–Trinajstić information content (AvgIpc) is 1.67. The van der Waals surface area contributed by atoms with Gasteiger partial charge in [0.1, 0.15) is 0 Å². The van der Waals surface area contributed by atoms with Crippen LogP contribution < -0.4 is 0 Å². The van der Waals surface area contributed by atoms with Crippen molar-refractivity contribution in [3.05, 3.63) is 0 Å². The fourth-order valence-corrected chi connectivity index (χ4v) is 14.9. The zero-order valence-corrected chi connectivity index (χ0v) is 13.6. The van der Waals surface area contributed by atoms with Crippen LogP contribution in [-0.2, 0) is 0 Å². The lowest BCUT2D eigenvalue weighted by molar-refractivity contribution is 0.677. The van der Waals surface area contributed by atoms with Crippen molar-refractivity contribution >= 4 is 47.0 Å². The van der Waals surface area contributed by atoms with Gasteiger partial charge in [-0.1, -0.05) is 0 Å². The summed E-state index contributed by atoms with van der Waals surface area (Å²) in [7, 11) is 0. The molecule has 15 heavy (non-hydrogen) atoms. The van der Waals surface area contributed by atoms with Gasteiger partial charge in [-0.05, 0) is 48.0 Å². The quantitative estimate of drug-likeness (QED) is 0.594. The highest BCUT2D eigenvalue weighted by Gasteiger charge is 2.56. The molecule has 2 bridgehead atoms. The van der Waals surface area contributed by atoms with Crippen LogP contribution in [0.25, 0.3) is 0 Å². The molecule has 0 atom stereocenters. The van der Waals surface area contributed by atoms with Crippen LogP contribution in [0.4, 0.5) is 0 Å². The van der Waals surface area contributed by atoms with Gasteiger partial charge >= 0.3 is 0 Å². The van der Waals surface area contributed by atoms with E-state index in [9.17, 15) is 0 Å². The number of hydrogen-bond donors (Lipinski definition) is 0. The molecule has 0 amide bonds. The maximum Gasteiger partial charge on any atom is 0.0631 e. The standard InChI is InChI=1S/C11H20S4/c1-8(2)12-10(5)7-11(6,13-8)15-9(3,4)14-10/h7H2,1-6H3. The monoisotopic (exact) mass is 280 g/mol. The van der Waals surface area contributed by atoms with Crippen molar-refractivity contribution in [1.82, 2.24) is 0 Å². The van der Waals surface area contributed by atoms with Crippen molar-refractivity contribution in [1.29, 1.82) is 0 Å². The van der Waals surface area contributed by atoms with E-state index in [1.54, 1.807) is 0 Å². The fourth-order valence-electron chi connectivity index (χ4n) is 2.89. The van der Waals surface area contributed by atoms with Gasteiger partial charge in [0, 0.05) is 0 Å². The van der Waals surface area contributed by atoms with E-state index in [0.29, 0.717) is 16.3 Å². The van der Waals surface area contributed by atoms with Crippen LogP contribution in [0.15, 0.2) is 0 Å². The Morgan fingerprint density at radius 2 is 0.867 bits per heavy atom. The van der Waals surface area contributed by atoms with Gasteiger partial charge < -0.3 is 0 Å². The van der Waals surface area contributed by atoms with Gasteiger partial charge in [-0.15, -0.1) is 47.0 Å². The van der Waals surface area contributed by atoms with Crippen molar-refractivity contribution in [2.75, 3.05) is 0 Å². The lowest BCUT2D eigenvalue weighted by Gasteiger charge is -2.57. The van der Waals surface area contributed by atoms with E-state index in [1.165, 1.54) is 6.42 Å². The lowest BCUT2D eigenvalue weighted by Crippen LogP contribution is -2.47. The molecule has 2 saturated heterocycles. The van der Waals surface area contributed by atoms with Gasteiger partial charge in [-0.3, -0.25) is 0 Å². The minimum Gasteiger partial charge on any atom is -0.127 e. The van der Waals surface area contributed by atoms with Crippen LogP contribution >= 0.6 is 47.0 Å². The van der Waals surface area contributed by atoms with Crippen LogP contribution in [0.3, 0.4) is 0 Å². The number of rotatable bonds is 0. The zero-order chi connectivity index (χ0) is 11.5. The SMILES string of the molecule is CC1(C)SC2(C)CC(C)(S1)SC(C)(C)S2. The minimum atomic E-state index is 0.359. The molecule has 0 nitrogen and oxygen atoms in total. The second-order valence-electron chi connectivity index (χ2n) is 5.65. The molecule has 2 aliphatic rings. The van der Waals surface area contributed by atoms with Crippen molar-refractivity contribution in [3.63, 3.8) is 0 Å². The van der Waals surface area contributed by atoms with Crippen molar-refractivity contribution in [3.8, 4) is 0 Å². The maximum atomic E-state index is 2.43. The Bertz CT molecular complexity index is 227. The molecule has 0 saturated carbocycles. The second kappa shape index (κ2) is 3.46. The molecule has 4 heteroatoms. The summed E-state index contributed by atoms with van der Waals surface area (Å²) in [5.41, 5.74) is 0. The molecule has 0 aliphatic carbocycles. The Morgan fingerprint density at radius 3 is 1.13 bits per heavy atom. The first-order chi connectivity index (χ1) is 6.54. The Balaban J connectivity index is 2.33. The molecule has 0 aromatic rings. The summed E-state index contributed by atoms with van der Waals surface area (Å²) in [6.45, 7) is 14.4. The second-order valence-corrected chi connectivity index (χ2v) is 15.2.